The van der Waals surface area contributed by atoms with Crippen LogP contribution in [-0.2, 0) is 6.42 Å². The highest BCUT2D eigenvalue weighted by atomic mass is 16.7. The fourth-order valence-electron chi connectivity index (χ4n) is 2.25. The molecule has 0 saturated heterocycles. The topological polar surface area (TPSA) is 47.9 Å². The van der Waals surface area contributed by atoms with Crippen molar-refractivity contribution in [3.05, 3.63) is 48.0 Å². The van der Waals surface area contributed by atoms with Crippen LogP contribution in [0, 0.1) is 0 Å². The van der Waals surface area contributed by atoms with Crippen molar-refractivity contribution in [2.45, 2.75) is 19.4 Å². The quantitative estimate of drug-likeness (QED) is 0.929. The molecule has 2 aromatic carbocycles. The molecule has 0 saturated carbocycles. The van der Waals surface area contributed by atoms with Gasteiger partial charge < -0.3 is 19.3 Å². The Morgan fingerprint density at radius 1 is 1.15 bits per heavy atom. The number of phenols is 1. The Hall–Kier alpha value is -2.36. The van der Waals surface area contributed by atoms with Gasteiger partial charge in [0.2, 0.25) is 12.5 Å². The normalized spacial score (nSPS) is 14.1. The largest absolute Gasteiger partial charge is 0.508 e. The van der Waals surface area contributed by atoms with Crippen molar-refractivity contribution in [1.82, 2.24) is 0 Å². The molecule has 0 fully saturated rings. The summed E-state index contributed by atoms with van der Waals surface area (Å²) in [6.07, 6.45) is 0.538. The third-order valence-corrected chi connectivity index (χ3v) is 3.19. The van der Waals surface area contributed by atoms with E-state index in [0.717, 1.165) is 5.56 Å². The molecular weight excluding hydrogens is 256 g/mol. The fraction of sp³-hybridized carbons (Fsp3) is 0.250. The predicted octanol–water partition coefficient (Wildman–Crippen LogP) is 3.13. The molecule has 0 radical (unpaired) electrons. The lowest BCUT2D eigenvalue weighted by atomic mass is 10.1. The smallest absolute Gasteiger partial charge is 0.231 e. The van der Waals surface area contributed by atoms with Crippen LogP contribution in [0.5, 0.6) is 23.0 Å². The molecule has 0 spiro atoms. The lowest BCUT2D eigenvalue weighted by Gasteiger charge is -2.16. The van der Waals surface area contributed by atoms with E-state index in [1.165, 1.54) is 0 Å². The third-order valence-electron chi connectivity index (χ3n) is 3.19. The van der Waals surface area contributed by atoms with E-state index < -0.39 is 0 Å². The molecule has 0 bridgehead atoms. The van der Waals surface area contributed by atoms with Crippen molar-refractivity contribution < 1.29 is 19.3 Å². The number of rotatable bonds is 4. The van der Waals surface area contributed by atoms with Gasteiger partial charge >= 0.3 is 0 Å². The highest BCUT2D eigenvalue weighted by molar-refractivity contribution is 5.52. The Labute approximate surface area is 117 Å². The zero-order valence-electron chi connectivity index (χ0n) is 11.2. The van der Waals surface area contributed by atoms with E-state index in [9.17, 15) is 5.11 Å². The van der Waals surface area contributed by atoms with Crippen molar-refractivity contribution in [3.63, 3.8) is 0 Å². The Bertz CT molecular complexity index is 609. The van der Waals surface area contributed by atoms with Gasteiger partial charge in [-0.1, -0.05) is 24.3 Å². The van der Waals surface area contributed by atoms with Crippen molar-refractivity contribution in [1.29, 1.82) is 0 Å². The van der Waals surface area contributed by atoms with Crippen LogP contribution in [-0.4, -0.2) is 18.0 Å². The van der Waals surface area contributed by atoms with Crippen LogP contribution >= 0.6 is 0 Å². The molecule has 4 heteroatoms. The van der Waals surface area contributed by atoms with E-state index >= 15 is 0 Å². The Morgan fingerprint density at radius 2 is 2.00 bits per heavy atom. The summed E-state index contributed by atoms with van der Waals surface area (Å²) in [5.41, 5.74) is 0.866. The van der Waals surface area contributed by atoms with E-state index in [-0.39, 0.29) is 12.9 Å². The van der Waals surface area contributed by atoms with Crippen LogP contribution in [0.15, 0.2) is 42.5 Å². The molecule has 1 heterocycles. The second kappa shape index (κ2) is 5.33. The van der Waals surface area contributed by atoms with Gasteiger partial charge in [0.05, 0.1) is 0 Å². The summed E-state index contributed by atoms with van der Waals surface area (Å²) in [5, 5.41) is 9.78. The van der Waals surface area contributed by atoms with Crippen molar-refractivity contribution in [3.8, 4) is 23.0 Å². The molecule has 4 nitrogen and oxygen atoms in total. The number of benzene rings is 2. The molecule has 104 valence electrons. The van der Waals surface area contributed by atoms with E-state index in [2.05, 4.69) is 0 Å². The number of hydrogen-bond donors (Lipinski definition) is 1. The van der Waals surface area contributed by atoms with E-state index in [4.69, 9.17) is 14.2 Å². The monoisotopic (exact) mass is 272 g/mol. The van der Waals surface area contributed by atoms with Gasteiger partial charge in [-0.2, -0.15) is 0 Å². The van der Waals surface area contributed by atoms with E-state index in [1.807, 2.05) is 37.3 Å². The summed E-state index contributed by atoms with van der Waals surface area (Å²) in [6.45, 7) is 2.19. The number of phenolic OH excluding ortho intramolecular Hbond substituents is 1. The van der Waals surface area contributed by atoms with Crippen LogP contribution in [0.3, 0.4) is 0 Å². The van der Waals surface area contributed by atoms with E-state index in [1.54, 1.807) is 12.1 Å². The second-order valence-corrected chi connectivity index (χ2v) is 4.75. The summed E-state index contributed by atoms with van der Waals surface area (Å²) in [5.74, 6) is 2.32. The summed E-state index contributed by atoms with van der Waals surface area (Å²) < 4.78 is 16.6. The summed E-state index contributed by atoms with van der Waals surface area (Å²) in [7, 11) is 0. The van der Waals surface area contributed by atoms with Crippen LogP contribution in [0.25, 0.3) is 0 Å². The van der Waals surface area contributed by atoms with Gasteiger partial charge in [-0.05, 0) is 30.7 Å². The molecule has 20 heavy (non-hydrogen) atoms. The van der Waals surface area contributed by atoms with Crippen LogP contribution in [0.1, 0.15) is 12.5 Å². The highest BCUT2D eigenvalue weighted by Crippen LogP contribution is 2.41. The van der Waals surface area contributed by atoms with Crippen LogP contribution < -0.4 is 14.2 Å². The minimum Gasteiger partial charge on any atom is -0.508 e. The molecule has 1 atom stereocenters. The maximum atomic E-state index is 9.78. The van der Waals surface area contributed by atoms with Gasteiger partial charge in [0, 0.05) is 6.42 Å². The van der Waals surface area contributed by atoms with Gasteiger partial charge in [-0.15, -0.1) is 0 Å². The highest BCUT2D eigenvalue weighted by Gasteiger charge is 2.20. The van der Waals surface area contributed by atoms with Crippen molar-refractivity contribution in [2.75, 3.05) is 6.79 Å². The van der Waals surface area contributed by atoms with Gasteiger partial charge in [-0.3, -0.25) is 0 Å². The molecule has 1 unspecified atom stereocenters. The third kappa shape index (κ3) is 2.50. The minimum atomic E-state index is -0.0843. The molecule has 1 aliphatic heterocycles. The van der Waals surface area contributed by atoms with Gasteiger partial charge in [0.15, 0.2) is 11.5 Å². The Kier molecular flexibility index (Phi) is 3.37. The summed E-state index contributed by atoms with van der Waals surface area (Å²) in [6, 6.07) is 12.9. The number of hydrogen-bond acceptors (Lipinski definition) is 4. The average molecular weight is 272 g/mol. The lowest BCUT2D eigenvalue weighted by Crippen LogP contribution is -2.15. The number of ether oxygens (including phenoxy) is 3. The molecule has 0 aliphatic carbocycles. The fourth-order valence-corrected chi connectivity index (χ4v) is 2.25. The first-order valence-corrected chi connectivity index (χ1v) is 6.56. The van der Waals surface area contributed by atoms with Gasteiger partial charge in [0.1, 0.15) is 11.9 Å². The van der Waals surface area contributed by atoms with Crippen molar-refractivity contribution >= 4 is 0 Å². The SMILES string of the molecule is CC(Cc1ccccc1O)Oc1cccc2c1OCO2. The minimum absolute atomic E-state index is 0.0843. The molecule has 1 N–H and O–H groups in total. The van der Waals surface area contributed by atoms with Crippen molar-refractivity contribution in [2.24, 2.45) is 0 Å². The number of aromatic hydroxyl groups is 1. The summed E-state index contributed by atoms with van der Waals surface area (Å²) in [4.78, 5) is 0. The predicted molar refractivity (Wildman–Crippen MR) is 74.5 cm³/mol. The Balaban J connectivity index is 1.72. The molecule has 0 aromatic heterocycles. The Morgan fingerprint density at radius 3 is 2.85 bits per heavy atom. The first-order valence-electron chi connectivity index (χ1n) is 6.56. The zero-order chi connectivity index (χ0) is 13.9. The zero-order valence-corrected chi connectivity index (χ0v) is 11.2. The molecule has 2 aromatic rings. The maximum Gasteiger partial charge on any atom is 0.231 e. The summed E-state index contributed by atoms with van der Waals surface area (Å²) >= 11 is 0. The number of para-hydroxylation sites is 2. The molecule has 0 amide bonds. The van der Waals surface area contributed by atoms with E-state index in [0.29, 0.717) is 29.4 Å². The molecule has 1 aliphatic rings. The van der Waals surface area contributed by atoms with Crippen LogP contribution in [0.2, 0.25) is 0 Å². The van der Waals surface area contributed by atoms with Gasteiger partial charge in [-0.25, -0.2) is 0 Å². The first kappa shape index (κ1) is 12.7. The lowest BCUT2D eigenvalue weighted by molar-refractivity contribution is 0.163. The number of fused-ring (bicyclic) bond motifs is 1. The van der Waals surface area contributed by atoms with Crippen LogP contribution in [0.4, 0.5) is 0 Å². The molecule has 3 rings (SSSR count). The first-order chi connectivity index (χ1) is 9.74. The average Bonchev–Trinajstić information content (AvgIpc) is 2.91. The second-order valence-electron chi connectivity index (χ2n) is 4.75. The van der Waals surface area contributed by atoms with Gasteiger partial charge in [0.25, 0.3) is 0 Å². The standard InChI is InChI=1S/C16H16O4/c1-11(9-12-5-2-3-6-13(12)17)20-15-8-4-7-14-16(15)19-10-18-14/h2-8,11,17H,9-10H2,1H3. The maximum absolute atomic E-state index is 9.78. The molecular formula is C16H16O4.